The maximum Gasteiger partial charge on any atom is 0.228 e. The Labute approximate surface area is 213 Å². The fourth-order valence-corrected chi connectivity index (χ4v) is 1.81. The molecule has 2 aromatic rings. The molecule has 1 aliphatic rings. The molecule has 1 amide bonds. The van der Waals surface area contributed by atoms with Gasteiger partial charge in [-0.1, -0.05) is 33.8 Å². The number of nitrogens with zero attached hydrogens (tertiary/aromatic N) is 1. The Balaban J connectivity index is 0. The molecule has 1 aromatic heterocycles. The van der Waals surface area contributed by atoms with E-state index in [4.69, 9.17) is 15.7 Å². The maximum atomic E-state index is 13.3. The quantitative estimate of drug-likeness (QED) is 0.248. The van der Waals surface area contributed by atoms with E-state index >= 15 is 0 Å². The first-order valence-corrected chi connectivity index (χ1v) is 10.5. The zero-order valence-corrected chi connectivity index (χ0v) is 23.8. The summed E-state index contributed by atoms with van der Waals surface area (Å²) in [7, 11) is 0. The summed E-state index contributed by atoms with van der Waals surface area (Å²) >= 11 is 0.424. The molecule has 1 aromatic carbocycles. The van der Waals surface area contributed by atoms with Crippen molar-refractivity contribution < 1.29 is 54.7 Å². The number of benzene rings is 1. The number of rotatable bonds is 4. The van der Waals surface area contributed by atoms with Gasteiger partial charge in [-0.2, -0.15) is 0 Å². The van der Waals surface area contributed by atoms with Gasteiger partial charge in [-0.3, -0.25) is 4.79 Å². The van der Waals surface area contributed by atoms with Crippen LogP contribution < -0.4 is 10.1 Å². The molecule has 0 aliphatic heterocycles. The van der Waals surface area contributed by atoms with E-state index in [1.165, 1.54) is 18.3 Å². The SMILES string of the molecule is CC.CC.O[O][Pb].[NH-]c1ccc(Oc2ccnc(NC(=O)C3CC3)c2)cc1F.[Y]. The van der Waals surface area contributed by atoms with Crippen molar-refractivity contribution in [3.05, 3.63) is 48.1 Å². The molecule has 3 N–H and O–H groups in total. The number of hydrogen-bond acceptors (Lipinski definition) is 5. The molecule has 0 bridgehead atoms. The van der Waals surface area contributed by atoms with Gasteiger partial charge in [0.25, 0.3) is 0 Å². The van der Waals surface area contributed by atoms with Crippen LogP contribution in [-0.4, -0.2) is 42.4 Å². The Kier molecular flexibility index (Phi) is 19.1. The van der Waals surface area contributed by atoms with Gasteiger partial charge >= 0.3 is 34.3 Å². The van der Waals surface area contributed by atoms with Crippen molar-refractivity contribution in [1.82, 2.24) is 4.98 Å². The van der Waals surface area contributed by atoms with Crippen LogP contribution in [0, 0.1) is 11.7 Å². The molecule has 0 unspecified atom stereocenters. The number of anilines is 1. The molecule has 1 saturated carbocycles. The zero-order valence-electron chi connectivity index (χ0n) is 17.0. The van der Waals surface area contributed by atoms with Gasteiger partial charge < -0.3 is 15.8 Å². The van der Waals surface area contributed by atoms with Gasteiger partial charge in [-0.25, -0.2) is 9.37 Å². The van der Waals surface area contributed by atoms with Crippen molar-refractivity contribution in [1.29, 1.82) is 0 Å². The Morgan fingerprint density at radius 3 is 2.28 bits per heavy atom. The summed E-state index contributed by atoms with van der Waals surface area (Å²) in [5, 5.41) is 9.85. The van der Waals surface area contributed by atoms with Crippen LogP contribution in [0.15, 0.2) is 36.5 Å². The van der Waals surface area contributed by atoms with Crippen molar-refractivity contribution >= 4 is 43.6 Å². The van der Waals surface area contributed by atoms with Crippen LogP contribution in [0.5, 0.6) is 11.5 Å². The zero-order chi connectivity index (χ0) is 21.5. The molecule has 0 saturated heterocycles. The van der Waals surface area contributed by atoms with Gasteiger partial charge in [0.05, 0.1) is 0 Å². The van der Waals surface area contributed by atoms with E-state index < -0.39 is 5.82 Å². The predicted molar refractivity (Wildman–Crippen MR) is 108 cm³/mol. The molecular formula is C19H26FN3O4PbY-. The third-order valence-corrected chi connectivity index (χ3v) is 3.11. The van der Waals surface area contributed by atoms with Crippen molar-refractivity contribution in [2.24, 2.45) is 5.92 Å². The van der Waals surface area contributed by atoms with E-state index in [0.29, 0.717) is 37.8 Å². The number of amides is 1. The number of carbonyl (C=O) groups excluding carboxylic acids is 1. The van der Waals surface area contributed by atoms with Crippen molar-refractivity contribution in [2.45, 2.75) is 40.5 Å². The molecule has 156 valence electrons. The van der Waals surface area contributed by atoms with Crippen molar-refractivity contribution in [3.8, 4) is 11.5 Å². The molecule has 7 nitrogen and oxygen atoms in total. The molecule has 4 radical (unpaired) electrons. The third kappa shape index (κ3) is 12.6. The first-order valence-electron chi connectivity index (χ1n) is 8.96. The second-order valence-corrected chi connectivity index (χ2v) is 5.69. The number of pyridine rings is 1. The smallest absolute Gasteiger partial charge is 0.228 e. The van der Waals surface area contributed by atoms with Crippen LogP contribution in [0.2, 0.25) is 0 Å². The number of ether oxygens (including phenoxy) is 1. The van der Waals surface area contributed by atoms with Gasteiger partial charge in [0.15, 0.2) is 0 Å². The van der Waals surface area contributed by atoms with E-state index in [-0.39, 0.29) is 56.0 Å². The predicted octanol–water partition coefficient (Wildman–Crippen LogP) is 5.65. The summed E-state index contributed by atoms with van der Waals surface area (Å²) in [5.41, 5.74) is 7.08. The van der Waals surface area contributed by atoms with Crippen LogP contribution in [0.1, 0.15) is 40.5 Å². The fourth-order valence-electron chi connectivity index (χ4n) is 1.81. The van der Waals surface area contributed by atoms with Crippen molar-refractivity contribution in [2.75, 3.05) is 5.32 Å². The summed E-state index contributed by atoms with van der Waals surface area (Å²) in [6.45, 7) is 8.00. The van der Waals surface area contributed by atoms with Gasteiger partial charge in [0.1, 0.15) is 23.1 Å². The molecule has 1 aliphatic carbocycles. The topological polar surface area (TPSA) is 104 Å². The minimum absolute atomic E-state index is 0. The summed E-state index contributed by atoms with van der Waals surface area (Å²) in [6, 6.07) is 7.16. The normalized spacial score (nSPS) is 11.0. The first-order chi connectivity index (χ1) is 13.5. The molecule has 3 rings (SSSR count). The summed E-state index contributed by atoms with van der Waals surface area (Å²) in [5.74, 6) is 0.535. The van der Waals surface area contributed by atoms with Crippen molar-refractivity contribution in [3.63, 3.8) is 0 Å². The van der Waals surface area contributed by atoms with E-state index in [9.17, 15) is 9.18 Å². The second-order valence-electron chi connectivity index (χ2n) is 4.98. The van der Waals surface area contributed by atoms with Crippen LogP contribution >= 0.6 is 0 Å². The van der Waals surface area contributed by atoms with Crippen LogP contribution in [0.25, 0.3) is 5.73 Å². The van der Waals surface area contributed by atoms with Crippen LogP contribution in [0.4, 0.5) is 15.9 Å². The Hall–Kier alpha value is -0.684. The number of carbonyl (C=O) groups is 1. The fraction of sp³-hybridized carbons (Fsp3) is 0.368. The third-order valence-electron chi connectivity index (χ3n) is 3.11. The summed E-state index contributed by atoms with van der Waals surface area (Å²) in [6.07, 6.45) is 3.34. The largest absolute Gasteiger partial charge is 0.696 e. The number of hydrogen-bond donors (Lipinski definition) is 2. The molecule has 1 fully saturated rings. The number of nitrogens with one attached hydrogen (secondary N) is 2. The summed E-state index contributed by atoms with van der Waals surface area (Å²) < 4.78 is 22.2. The Morgan fingerprint density at radius 1 is 1.21 bits per heavy atom. The molecule has 29 heavy (non-hydrogen) atoms. The minimum atomic E-state index is -0.649. The van der Waals surface area contributed by atoms with Crippen LogP contribution in [0.3, 0.4) is 0 Å². The number of halogens is 1. The van der Waals surface area contributed by atoms with Gasteiger partial charge in [-0.15, -0.1) is 5.69 Å². The van der Waals surface area contributed by atoms with Gasteiger partial charge in [0.2, 0.25) is 5.91 Å². The Morgan fingerprint density at radius 2 is 1.76 bits per heavy atom. The second kappa shape index (κ2) is 18.1. The van der Waals surface area contributed by atoms with Crippen LogP contribution in [-0.2, 0) is 40.3 Å². The minimum Gasteiger partial charge on any atom is -0.696 e. The van der Waals surface area contributed by atoms with E-state index in [1.54, 1.807) is 12.1 Å². The van der Waals surface area contributed by atoms with Gasteiger partial charge in [0, 0.05) is 57.0 Å². The first kappa shape index (κ1) is 30.5. The summed E-state index contributed by atoms with van der Waals surface area (Å²) in [4.78, 5) is 15.7. The molecule has 0 spiro atoms. The molecular weight excluding hydrogens is 649 g/mol. The Bertz CT molecular complexity index is 722. The number of aromatic nitrogens is 1. The standard InChI is InChI=1S/C15H13FN3O2.2C2H6.H2O2.Pb.Y/c16-12-7-10(3-4-13(12)17)21-11-5-6-18-14(8-11)19-15(20)9-1-2-9;3*1-2;;/h3-9,17H,1-2H2,(H,18,19,20);2*1-2H3;1-2H;;/q-1;;;;+1;/p-1. The van der Waals surface area contributed by atoms with E-state index in [1.807, 2.05) is 27.7 Å². The monoisotopic (exact) mass is 676 g/mol. The average molecular weight is 676 g/mol. The maximum absolute atomic E-state index is 13.3. The van der Waals surface area contributed by atoms with Gasteiger partial charge in [-0.05, 0) is 25.0 Å². The average Bonchev–Trinajstić information content (AvgIpc) is 3.54. The molecule has 1 heterocycles. The molecule has 0 atom stereocenters. The molecule has 10 heteroatoms. The van der Waals surface area contributed by atoms with E-state index in [2.05, 4.69) is 13.1 Å². The van der Waals surface area contributed by atoms with E-state index in [0.717, 1.165) is 18.9 Å².